The van der Waals surface area contributed by atoms with Crippen LogP contribution in [0.25, 0.3) is 5.57 Å². The molecule has 0 saturated heterocycles. The Morgan fingerprint density at radius 3 is 2.87 bits per heavy atom. The summed E-state index contributed by atoms with van der Waals surface area (Å²) < 4.78 is 33.6. The molecule has 0 radical (unpaired) electrons. The zero-order valence-electron chi connectivity index (χ0n) is 16.9. The smallest absolute Gasteiger partial charge is 0.254 e. The third-order valence-corrected chi connectivity index (χ3v) is 4.83. The number of nitrogens with one attached hydrogen (secondary N) is 2. The highest BCUT2D eigenvalue weighted by Gasteiger charge is 2.28. The lowest BCUT2D eigenvalue weighted by atomic mass is 9.97. The van der Waals surface area contributed by atoms with Crippen LogP contribution >= 0.6 is 0 Å². The molecule has 4 N–H and O–H groups in total. The van der Waals surface area contributed by atoms with Gasteiger partial charge in [0.15, 0.2) is 17.7 Å². The van der Waals surface area contributed by atoms with Crippen LogP contribution in [0.15, 0.2) is 36.2 Å². The van der Waals surface area contributed by atoms with Gasteiger partial charge in [0.1, 0.15) is 24.3 Å². The number of allylic oxidation sites excluding steroid dienone is 1. The third-order valence-electron chi connectivity index (χ3n) is 4.83. The molecule has 8 nitrogen and oxygen atoms in total. The largest absolute Gasteiger partial charge is 0.479 e. The van der Waals surface area contributed by atoms with Gasteiger partial charge in [0.05, 0.1) is 12.3 Å². The maximum atomic E-state index is 14.0. The average molecular weight is 426 g/mol. The Kier molecular flexibility index (Phi) is 6.15. The van der Waals surface area contributed by atoms with Gasteiger partial charge in [0.25, 0.3) is 5.91 Å². The minimum atomic E-state index is -1.33. The molecule has 160 valence electrons. The number of nitriles is 1. The fourth-order valence-corrected chi connectivity index (χ4v) is 3.31. The van der Waals surface area contributed by atoms with Crippen molar-refractivity contribution in [2.24, 2.45) is 0 Å². The van der Waals surface area contributed by atoms with E-state index in [2.05, 4.69) is 10.3 Å². The van der Waals surface area contributed by atoms with Crippen LogP contribution in [-0.2, 0) is 0 Å². The average Bonchev–Trinajstić information content (AvgIpc) is 2.75. The number of anilines is 1. The molecule has 0 spiro atoms. The minimum Gasteiger partial charge on any atom is -0.479 e. The maximum Gasteiger partial charge on any atom is 0.254 e. The number of aromatic nitrogens is 1. The fourth-order valence-electron chi connectivity index (χ4n) is 3.31. The number of hydrogen-bond acceptors (Lipinski definition) is 7. The van der Waals surface area contributed by atoms with Gasteiger partial charge in [0, 0.05) is 42.6 Å². The normalized spacial score (nSPS) is 18.2. The zero-order chi connectivity index (χ0) is 22.7. The van der Waals surface area contributed by atoms with Crippen molar-refractivity contribution >= 4 is 23.0 Å². The van der Waals surface area contributed by atoms with E-state index in [0.29, 0.717) is 5.56 Å². The predicted octanol–water partition coefficient (Wildman–Crippen LogP) is 2.45. The molecule has 1 unspecified atom stereocenters. The standard InChI is InChI=1S/C21H20F2N6O2/c1-27-16(8-24)19-11-5-17(20(26)28-9-11)31-18(7-22)14-6-12(23)3-4-13(14)21(30)29(2)10-15(19)25/h3-6,9,18,25,27H,7,10H2,1-2H3,(H2,26,28)/b19-16-,25-15?. The third kappa shape index (κ3) is 4.16. The highest BCUT2D eigenvalue weighted by molar-refractivity contribution is 6.25. The van der Waals surface area contributed by atoms with Crippen LogP contribution in [0.3, 0.4) is 0 Å². The Balaban J connectivity index is 2.29. The first kappa shape index (κ1) is 21.7. The van der Waals surface area contributed by atoms with E-state index in [0.717, 1.165) is 12.1 Å². The highest BCUT2D eigenvalue weighted by Crippen LogP contribution is 2.33. The predicted molar refractivity (Wildman–Crippen MR) is 111 cm³/mol. The second-order valence-electron chi connectivity index (χ2n) is 6.85. The molecule has 31 heavy (non-hydrogen) atoms. The molecule has 1 aliphatic heterocycles. The molecule has 3 rings (SSSR count). The van der Waals surface area contributed by atoms with Crippen LogP contribution in [0.2, 0.25) is 0 Å². The first-order valence-corrected chi connectivity index (χ1v) is 9.24. The lowest BCUT2D eigenvalue weighted by Crippen LogP contribution is -2.34. The number of benzene rings is 1. The van der Waals surface area contributed by atoms with E-state index in [1.54, 1.807) is 0 Å². The lowest BCUT2D eigenvalue weighted by molar-refractivity contribution is 0.0807. The summed E-state index contributed by atoms with van der Waals surface area (Å²) in [7, 11) is 2.98. The molecule has 0 aliphatic carbocycles. The van der Waals surface area contributed by atoms with Crippen molar-refractivity contribution in [1.29, 1.82) is 10.7 Å². The SMILES string of the molecule is CN/C(C#N)=C1\C(=N)CN(C)C(=O)c2ccc(F)cc2C(CF)Oc2cc1cnc2N. The van der Waals surface area contributed by atoms with Gasteiger partial charge in [-0.3, -0.25) is 4.79 Å². The van der Waals surface area contributed by atoms with Crippen molar-refractivity contribution in [2.75, 3.05) is 33.0 Å². The van der Waals surface area contributed by atoms with Crippen molar-refractivity contribution in [2.45, 2.75) is 6.10 Å². The molecular weight excluding hydrogens is 406 g/mol. The summed E-state index contributed by atoms with van der Waals surface area (Å²) in [6.07, 6.45) is 0.0281. The molecule has 0 saturated carbocycles. The number of alkyl halides is 1. The second kappa shape index (κ2) is 8.79. The van der Waals surface area contributed by atoms with Crippen LogP contribution in [0, 0.1) is 22.6 Å². The number of nitrogens with two attached hydrogens (primary N) is 1. The summed E-state index contributed by atoms with van der Waals surface area (Å²) in [6.45, 7) is -1.23. The number of carbonyl (C=O) groups is 1. The van der Waals surface area contributed by atoms with Gasteiger partial charge in [-0.2, -0.15) is 5.26 Å². The quantitative estimate of drug-likeness (QED) is 0.633. The van der Waals surface area contributed by atoms with E-state index in [4.69, 9.17) is 15.9 Å². The molecule has 1 aliphatic rings. The first-order valence-electron chi connectivity index (χ1n) is 9.24. The number of fused-ring (bicyclic) bond motifs is 3. The molecule has 1 atom stereocenters. The number of nitrogens with zero attached hydrogens (tertiary/aromatic N) is 3. The Hall–Kier alpha value is -4.00. The lowest BCUT2D eigenvalue weighted by Gasteiger charge is -2.25. The first-order chi connectivity index (χ1) is 14.8. The number of hydrogen-bond donors (Lipinski definition) is 3. The van der Waals surface area contributed by atoms with Crippen LogP contribution in [0.4, 0.5) is 14.6 Å². The van der Waals surface area contributed by atoms with Crippen LogP contribution in [-0.4, -0.2) is 48.8 Å². The van der Waals surface area contributed by atoms with Gasteiger partial charge in [0.2, 0.25) is 0 Å². The number of pyridine rings is 1. The fraction of sp³-hybridized carbons (Fsp3) is 0.238. The summed E-state index contributed by atoms with van der Waals surface area (Å²) in [5.74, 6) is -1.29. The molecule has 2 bridgehead atoms. The summed E-state index contributed by atoms with van der Waals surface area (Å²) in [4.78, 5) is 18.3. The summed E-state index contributed by atoms with van der Waals surface area (Å²) in [6, 6.07) is 6.79. The van der Waals surface area contributed by atoms with Crippen LogP contribution in [0.1, 0.15) is 27.6 Å². The van der Waals surface area contributed by atoms with Crippen molar-refractivity contribution in [3.8, 4) is 11.8 Å². The van der Waals surface area contributed by atoms with E-state index < -0.39 is 24.5 Å². The molecule has 2 heterocycles. The Morgan fingerprint density at radius 2 is 2.23 bits per heavy atom. The van der Waals surface area contributed by atoms with Crippen LogP contribution in [0.5, 0.6) is 5.75 Å². The van der Waals surface area contributed by atoms with E-state index in [1.165, 1.54) is 37.3 Å². The van der Waals surface area contributed by atoms with Crippen molar-refractivity contribution in [1.82, 2.24) is 15.2 Å². The maximum absolute atomic E-state index is 14.0. The number of rotatable bonds is 2. The number of carbonyl (C=O) groups excluding carboxylic acids is 1. The summed E-state index contributed by atoms with van der Waals surface area (Å²) >= 11 is 0. The highest BCUT2D eigenvalue weighted by atomic mass is 19.1. The van der Waals surface area contributed by atoms with E-state index >= 15 is 0 Å². The number of ether oxygens (including phenoxy) is 1. The van der Waals surface area contributed by atoms with Crippen molar-refractivity contribution in [3.05, 3.63) is 58.7 Å². The number of nitrogen functional groups attached to an aromatic ring is 1. The minimum absolute atomic E-state index is 0.0139. The van der Waals surface area contributed by atoms with Crippen molar-refractivity contribution in [3.63, 3.8) is 0 Å². The Labute approximate surface area is 177 Å². The molecule has 10 heteroatoms. The summed E-state index contributed by atoms with van der Waals surface area (Å²) in [5.41, 5.74) is 6.47. The molecular formula is C21H20F2N6O2. The van der Waals surface area contributed by atoms with E-state index in [9.17, 15) is 18.8 Å². The topological polar surface area (TPSA) is 128 Å². The van der Waals surface area contributed by atoms with Gasteiger partial charge >= 0.3 is 0 Å². The Bertz CT molecular complexity index is 1130. The number of amides is 1. The monoisotopic (exact) mass is 426 g/mol. The van der Waals surface area contributed by atoms with E-state index in [-0.39, 0.29) is 46.2 Å². The molecule has 1 amide bonds. The Morgan fingerprint density at radius 1 is 1.48 bits per heavy atom. The van der Waals surface area contributed by atoms with E-state index in [1.807, 2.05) is 6.07 Å². The van der Waals surface area contributed by atoms with Gasteiger partial charge < -0.3 is 26.1 Å². The number of halogens is 2. The summed E-state index contributed by atoms with van der Waals surface area (Å²) in [5, 5.41) is 20.8. The van der Waals surface area contributed by atoms with Crippen molar-refractivity contribution < 1.29 is 18.3 Å². The zero-order valence-corrected chi connectivity index (χ0v) is 16.9. The molecule has 0 fully saturated rings. The molecule has 2 aromatic rings. The van der Waals surface area contributed by atoms with Gasteiger partial charge in [-0.25, -0.2) is 13.8 Å². The van der Waals surface area contributed by atoms with Gasteiger partial charge in [-0.1, -0.05) is 0 Å². The van der Waals surface area contributed by atoms with Gasteiger partial charge in [-0.05, 0) is 24.3 Å². The molecule has 1 aromatic heterocycles. The second-order valence-corrected chi connectivity index (χ2v) is 6.85. The molecule has 1 aromatic carbocycles. The van der Waals surface area contributed by atoms with Gasteiger partial charge in [-0.15, -0.1) is 0 Å². The van der Waals surface area contributed by atoms with Crippen LogP contribution < -0.4 is 15.8 Å².